The molecule has 1 aromatic heterocycles. The number of nitrogens with one attached hydrogen (secondary N) is 1. The molecule has 0 unspecified atom stereocenters. The van der Waals surface area contributed by atoms with Gasteiger partial charge in [-0.25, -0.2) is 4.98 Å². The molecule has 1 N–H and O–H groups in total. The molecule has 2 aromatic carbocycles. The van der Waals surface area contributed by atoms with Crippen LogP contribution >= 0.6 is 11.8 Å². The summed E-state index contributed by atoms with van der Waals surface area (Å²) in [4.78, 5) is 7.82. The first kappa shape index (κ1) is 15.6. The van der Waals surface area contributed by atoms with Crippen molar-refractivity contribution in [1.82, 2.24) is 9.97 Å². The quantitative estimate of drug-likeness (QED) is 0.528. The summed E-state index contributed by atoms with van der Waals surface area (Å²) in [7, 11) is 3.30. The molecule has 5 nitrogen and oxygen atoms in total. The topological polar surface area (TPSA) is 56.4 Å². The SMILES string of the molecule is COc1ccc(OCCSc2nc3ccc(OC)cc3[nH]2)cc1. The molecule has 0 fully saturated rings. The van der Waals surface area contributed by atoms with E-state index in [4.69, 9.17) is 14.2 Å². The molecule has 0 saturated carbocycles. The highest BCUT2D eigenvalue weighted by molar-refractivity contribution is 7.99. The van der Waals surface area contributed by atoms with Crippen LogP contribution in [0.2, 0.25) is 0 Å². The van der Waals surface area contributed by atoms with E-state index >= 15 is 0 Å². The van der Waals surface area contributed by atoms with E-state index in [9.17, 15) is 0 Å². The lowest BCUT2D eigenvalue weighted by atomic mass is 10.3. The van der Waals surface area contributed by atoms with Gasteiger partial charge in [-0.15, -0.1) is 0 Å². The first-order valence-electron chi connectivity index (χ1n) is 7.22. The van der Waals surface area contributed by atoms with Crippen LogP contribution in [-0.2, 0) is 0 Å². The van der Waals surface area contributed by atoms with Crippen molar-refractivity contribution in [3.8, 4) is 17.2 Å². The highest BCUT2D eigenvalue weighted by Gasteiger charge is 2.05. The zero-order valence-corrected chi connectivity index (χ0v) is 13.9. The summed E-state index contributed by atoms with van der Waals surface area (Å²) in [6.45, 7) is 0.608. The fraction of sp³-hybridized carbons (Fsp3) is 0.235. The maximum atomic E-state index is 5.70. The maximum Gasteiger partial charge on any atom is 0.166 e. The van der Waals surface area contributed by atoms with E-state index in [0.717, 1.165) is 39.2 Å². The summed E-state index contributed by atoms with van der Waals surface area (Å²) in [6.07, 6.45) is 0. The maximum absolute atomic E-state index is 5.70. The number of hydrogen-bond donors (Lipinski definition) is 1. The molecule has 3 rings (SSSR count). The fourth-order valence-electron chi connectivity index (χ4n) is 2.13. The number of imidazole rings is 1. The second-order valence-corrected chi connectivity index (χ2v) is 5.88. The van der Waals surface area contributed by atoms with Crippen LogP contribution < -0.4 is 14.2 Å². The summed E-state index contributed by atoms with van der Waals surface area (Å²) in [5, 5.41) is 0.881. The Kier molecular flexibility index (Phi) is 4.92. The van der Waals surface area contributed by atoms with E-state index in [0.29, 0.717) is 6.61 Å². The zero-order chi connectivity index (χ0) is 16.1. The normalized spacial score (nSPS) is 10.7. The number of aromatic nitrogens is 2. The van der Waals surface area contributed by atoms with Gasteiger partial charge in [0.15, 0.2) is 5.16 Å². The van der Waals surface area contributed by atoms with E-state index in [-0.39, 0.29) is 0 Å². The minimum atomic E-state index is 0.608. The number of aromatic amines is 1. The molecule has 3 aromatic rings. The molecule has 0 bridgehead atoms. The fourth-order valence-corrected chi connectivity index (χ4v) is 2.84. The van der Waals surface area contributed by atoms with Crippen LogP contribution in [0.4, 0.5) is 0 Å². The minimum Gasteiger partial charge on any atom is -0.497 e. The standard InChI is InChI=1S/C17H18N2O3S/c1-20-12-3-5-13(6-4-12)22-9-10-23-17-18-15-8-7-14(21-2)11-16(15)19-17/h3-8,11H,9-10H2,1-2H3,(H,18,19). The molecule has 1 heterocycles. The molecule has 0 amide bonds. The van der Waals surface area contributed by atoms with Gasteiger partial charge in [-0.05, 0) is 36.4 Å². The van der Waals surface area contributed by atoms with Gasteiger partial charge in [0.05, 0.1) is 31.9 Å². The average molecular weight is 330 g/mol. The Morgan fingerprint density at radius 1 is 0.957 bits per heavy atom. The smallest absolute Gasteiger partial charge is 0.166 e. The number of thioether (sulfide) groups is 1. The number of benzene rings is 2. The number of H-pyrrole nitrogens is 1. The van der Waals surface area contributed by atoms with Crippen molar-refractivity contribution in [2.75, 3.05) is 26.6 Å². The molecule has 0 aliphatic rings. The molecule has 0 aliphatic carbocycles. The monoisotopic (exact) mass is 330 g/mol. The van der Waals surface area contributed by atoms with E-state index in [1.807, 2.05) is 42.5 Å². The van der Waals surface area contributed by atoms with Crippen molar-refractivity contribution in [3.05, 3.63) is 42.5 Å². The molecule has 120 valence electrons. The summed E-state index contributed by atoms with van der Waals surface area (Å²) < 4.78 is 16.0. The van der Waals surface area contributed by atoms with E-state index in [2.05, 4.69) is 9.97 Å². The highest BCUT2D eigenvalue weighted by atomic mass is 32.2. The third-order valence-electron chi connectivity index (χ3n) is 3.32. The molecule has 0 atom stereocenters. The number of hydrogen-bond acceptors (Lipinski definition) is 5. The Bertz CT molecular complexity index is 771. The molecule has 23 heavy (non-hydrogen) atoms. The van der Waals surface area contributed by atoms with Gasteiger partial charge in [0, 0.05) is 11.8 Å². The van der Waals surface area contributed by atoms with E-state index in [1.54, 1.807) is 26.0 Å². The predicted octanol–water partition coefficient (Wildman–Crippen LogP) is 3.75. The van der Waals surface area contributed by atoms with Crippen LogP contribution in [0.15, 0.2) is 47.6 Å². The summed E-state index contributed by atoms with van der Waals surface area (Å²) >= 11 is 1.63. The molecule has 0 aliphatic heterocycles. The second-order valence-electron chi connectivity index (χ2n) is 4.80. The number of nitrogens with zero attached hydrogens (tertiary/aromatic N) is 1. The van der Waals surface area contributed by atoms with Crippen LogP contribution in [0, 0.1) is 0 Å². The van der Waals surface area contributed by atoms with Crippen LogP contribution in [0.25, 0.3) is 11.0 Å². The average Bonchev–Trinajstić information content (AvgIpc) is 3.01. The van der Waals surface area contributed by atoms with Crippen LogP contribution in [0.3, 0.4) is 0 Å². The van der Waals surface area contributed by atoms with Crippen molar-refractivity contribution in [2.24, 2.45) is 0 Å². The van der Waals surface area contributed by atoms with Crippen molar-refractivity contribution < 1.29 is 14.2 Å². The lowest BCUT2D eigenvalue weighted by Crippen LogP contribution is -2.00. The van der Waals surface area contributed by atoms with Gasteiger partial charge in [-0.1, -0.05) is 11.8 Å². The third kappa shape index (κ3) is 3.90. The number of methoxy groups -OCH3 is 2. The minimum absolute atomic E-state index is 0.608. The number of ether oxygens (including phenoxy) is 3. The molecular weight excluding hydrogens is 312 g/mol. The molecule has 6 heteroatoms. The summed E-state index contributed by atoms with van der Waals surface area (Å²) in [6, 6.07) is 13.4. The number of rotatable bonds is 7. The summed E-state index contributed by atoms with van der Waals surface area (Å²) in [5.74, 6) is 3.29. The lowest BCUT2D eigenvalue weighted by Gasteiger charge is -2.06. The van der Waals surface area contributed by atoms with Crippen LogP contribution in [0.1, 0.15) is 0 Å². The van der Waals surface area contributed by atoms with Crippen molar-refractivity contribution in [1.29, 1.82) is 0 Å². The molecule has 0 saturated heterocycles. The van der Waals surface area contributed by atoms with Crippen molar-refractivity contribution in [3.63, 3.8) is 0 Å². The summed E-state index contributed by atoms with van der Waals surface area (Å²) in [5.41, 5.74) is 1.91. The Morgan fingerprint density at radius 3 is 2.39 bits per heavy atom. The first-order chi connectivity index (χ1) is 11.3. The lowest BCUT2D eigenvalue weighted by molar-refractivity contribution is 0.342. The molecular formula is C17H18N2O3S. The van der Waals surface area contributed by atoms with Crippen molar-refractivity contribution in [2.45, 2.75) is 5.16 Å². The zero-order valence-electron chi connectivity index (χ0n) is 13.0. The van der Waals surface area contributed by atoms with Gasteiger partial charge in [0.2, 0.25) is 0 Å². The number of fused-ring (bicyclic) bond motifs is 1. The molecule has 0 spiro atoms. The van der Waals surface area contributed by atoms with Crippen molar-refractivity contribution >= 4 is 22.8 Å². The Morgan fingerprint density at radius 2 is 1.65 bits per heavy atom. The Labute approximate surface area is 139 Å². The predicted molar refractivity (Wildman–Crippen MR) is 91.9 cm³/mol. The third-order valence-corrected chi connectivity index (χ3v) is 4.16. The van der Waals surface area contributed by atoms with Crippen LogP contribution in [0.5, 0.6) is 17.2 Å². The van der Waals surface area contributed by atoms with Crippen LogP contribution in [-0.4, -0.2) is 36.5 Å². The van der Waals surface area contributed by atoms with Gasteiger partial charge in [-0.2, -0.15) is 0 Å². The van der Waals surface area contributed by atoms with E-state index in [1.165, 1.54) is 0 Å². The first-order valence-corrected chi connectivity index (χ1v) is 8.20. The van der Waals surface area contributed by atoms with Gasteiger partial charge in [0.25, 0.3) is 0 Å². The molecule has 0 radical (unpaired) electrons. The van der Waals surface area contributed by atoms with Gasteiger partial charge in [-0.3, -0.25) is 0 Å². The second kappa shape index (κ2) is 7.28. The van der Waals surface area contributed by atoms with Gasteiger partial charge < -0.3 is 19.2 Å². The Hall–Kier alpha value is -2.34. The largest absolute Gasteiger partial charge is 0.497 e. The van der Waals surface area contributed by atoms with Gasteiger partial charge in [0.1, 0.15) is 17.2 Å². The van der Waals surface area contributed by atoms with E-state index < -0.39 is 0 Å². The highest BCUT2D eigenvalue weighted by Crippen LogP contribution is 2.23. The van der Waals surface area contributed by atoms with Gasteiger partial charge >= 0.3 is 0 Å². The Balaban J connectivity index is 1.51.